The van der Waals surface area contributed by atoms with Crippen LogP contribution in [-0.2, 0) is 0 Å². The van der Waals surface area contributed by atoms with Crippen molar-refractivity contribution < 1.29 is 32.2 Å². The smallest absolute Gasteiger partial charge is 0.455 e. The molecule has 5 nitrogen and oxygen atoms in total. The Morgan fingerprint density at radius 2 is 2.00 bits per heavy atom. The Labute approximate surface area is 109 Å². The predicted octanol–water partition coefficient (Wildman–Crippen LogP) is 2.25. The summed E-state index contributed by atoms with van der Waals surface area (Å²) in [7, 11) is 1.30. The van der Waals surface area contributed by atoms with Gasteiger partial charge in [-0.2, -0.15) is 13.2 Å². The van der Waals surface area contributed by atoms with E-state index in [0.717, 1.165) is 6.07 Å². The maximum Gasteiger partial charge on any atom is 0.455 e. The molecule has 0 atom stereocenters. The molecule has 0 amide bonds. The van der Waals surface area contributed by atoms with Crippen LogP contribution >= 0.6 is 0 Å². The highest BCUT2D eigenvalue weighted by atomic mass is 19.4. The number of halogens is 3. The lowest BCUT2D eigenvalue weighted by atomic mass is 10.1. The van der Waals surface area contributed by atoms with Gasteiger partial charge < -0.3 is 14.3 Å². The van der Waals surface area contributed by atoms with Gasteiger partial charge in [0.05, 0.1) is 12.5 Å². The number of hydrogen-bond acceptors (Lipinski definition) is 5. The van der Waals surface area contributed by atoms with Crippen LogP contribution in [0.4, 0.5) is 13.2 Å². The van der Waals surface area contributed by atoms with E-state index >= 15 is 0 Å². The Morgan fingerprint density at radius 3 is 2.55 bits per heavy atom. The predicted molar refractivity (Wildman–Crippen MR) is 61.1 cm³/mol. The second-order valence-electron chi connectivity index (χ2n) is 3.80. The number of rotatable bonds is 2. The van der Waals surface area contributed by atoms with E-state index in [1.807, 2.05) is 0 Å². The fraction of sp³-hybridized carbons (Fsp3) is 0.167. The van der Waals surface area contributed by atoms with Gasteiger partial charge >= 0.3 is 11.8 Å². The first-order valence-corrected chi connectivity index (χ1v) is 5.21. The lowest BCUT2D eigenvalue weighted by Crippen LogP contribution is -2.28. The van der Waals surface area contributed by atoms with Crippen molar-refractivity contribution in [3.8, 4) is 11.5 Å². The molecule has 2 aromatic rings. The fourth-order valence-corrected chi connectivity index (χ4v) is 1.63. The third-order valence-corrected chi connectivity index (χ3v) is 2.57. The van der Waals surface area contributed by atoms with E-state index in [4.69, 9.17) is 4.74 Å². The van der Waals surface area contributed by atoms with Crippen molar-refractivity contribution in [1.82, 2.24) is 0 Å². The van der Waals surface area contributed by atoms with Crippen LogP contribution in [0.1, 0.15) is 10.4 Å². The Morgan fingerprint density at radius 1 is 1.35 bits per heavy atom. The van der Waals surface area contributed by atoms with Gasteiger partial charge in [0.25, 0.3) is 5.78 Å². The highest BCUT2D eigenvalue weighted by molar-refractivity contribution is 6.05. The largest absolute Gasteiger partial charge is 0.506 e. The minimum Gasteiger partial charge on any atom is -0.506 e. The summed E-state index contributed by atoms with van der Waals surface area (Å²) in [4.78, 5) is 22.5. The van der Waals surface area contributed by atoms with Gasteiger partial charge in [-0.05, 0) is 18.2 Å². The molecule has 0 aliphatic carbocycles. The van der Waals surface area contributed by atoms with E-state index in [-0.39, 0.29) is 16.7 Å². The molecule has 106 valence electrons. The van der Waals surface area contributed by atoms with E-state index < -0.39 is 28.9 Å². The first-order chi connectivity index (χ1) is 9.25. The lowest BCUT2D eigenvalue weighted by Gasteiger charge is -2.08. The number of Topliss-reactive ketones (excluding diaryl/α,β-unsaturated/α-hetero) is 1. The molecule has 0 radical (unpaired) electrons. The molecule has 8 heteroatoms. The van der Waals surface area contributed by atoms with Gasteiger partial charge in [-0.3, -0.25) is 4.79 Å². The summed E-state index contributed by atoms with van der Waals surface area (Å²) in [5, 5.41) is 9.52. The first kappa shape index (κ1) is 13.9. The third-order valence-electron chi connectivity index (χ3n) is 2.57. The zero-order chi connectivity index (χ0) is 15.1. The summed E-state index contributed by atoms with van der Waals surface area (Å²) < 4.78 is 46.6. The highest BCUT2D eigenvalue weighted by Crippen LogP contribution is 2.32. The zero-order valence-electron chi connectivity index (χ0n) is 9.95. The molecule has 20 heavy (non-hydrogen) atoms. The molecule has 1 aromatic carbocycles. The Balaban J connectivity index is 2.80. The molecule has 2 rings (SSSR count). The van der Waals surface area contributed by atoms with Gasteiger partial charge in [-0.1, -0.05) is 0 Å². The van der Waals surface area contributed by atoms with E-state index in [1.165, 1.54) is 19.2 Å². The van der Waals surface area contributed by atoms with Crippen LogP contribution in [-0.4, -0.2) is 24.2 Å². The van der Waals surface area contributed by atoms with Crippen LogP contribution in [0.25, 0.3) is 11.0 Å². The summed E-state index contributed by atoms with van der Waals surface area (Å²) in [5.41, 5.74) is -3.16. The van der Waals surface area contributed by atoms with Crippen molar-refractivity contribution in [3.05, 3.63) is 34.2 Å². The molecule has 0 spiro atoms. The number of carbonyl (C=O) groups is 1. The second kappa shape index (κ2) is 4.55. The van der Waals surface area contributed by atoms with Crippen molar-refractivity contribution in [2.45, 2.75) is 6.18 Å². The number of fused-ring (bicyclic) bond motifs is 1. The number of hydrogen-bond donors (Lipinski definition) is 1. The number of aromatic hydroxyl groups is 1. The molecule has 0 saturated heterocycles. The number of ketones is 1. The zero-order valence-corrected chi connectivity index (χ0v) is 9.95. The molecule has 1 heterocycles. The van der Waals surface area contributed by atoms with Gasteiger partial charge in [0.1, 0.15) is 17.1 Å². The van der Waals surface area contributed by atoms with Crippen LogP contribution in [0.5, 0.6) is 11.5 Å². The van der Waals surface area contributed by atoms with E-state index in [2.05, 4.69) is 4.42 Å². The number of methoxy groups -OCH3 is 1. The second-order valence-corrected chi connectivity index (χ2v) is 3.80. The quantitative estimate of drug-likeness (QED) is 0.677. The van der Waals surface area contributed by atoms with Crippen LogP contribution in [0, 0.1) is 0 Å². The standard InChI is InChI=1S/C12H7F3O5/c1-19-5-2-3-7-6(4-5)9(16)8(11(18)20-7)10(17)12(13,14)15/h2-4,16H,1H3. The van der Waals surface area contributed by atoms with Gasteiger partial charge in [-0.15, -0.1) is 0 Å². The molecular weight excluding hydrogens is 281 g/mol. The molecule has 0 saturated carbocycles. The first-order valence-electron chi connectivity index (χ1n) is 5.21. The van der Waals surface area contributed by atoms with Crippen LogP contribution in [0.15, 0.2) is 27.4 Å². The van der Waals surface area contributed by atoms with E-state index in [1.54, 1.807) is 0 Å². The van der Waals surface area contributed by atoms with E-state index in [9.17, 15) is 27.9 Å². The summed E-state index contributed by atoms with van der Waals surface area (Å²) >= 11 is 0. The van der Waals surface area contributed by atoms with Crippen molar-refractivity contribution in [2.24, 2.45) is 0 Å². The lowest BCUT2D eigenvalue weighted by molar-refractivity contribution is -0.0888. The number of alkyl halides is 3. The maximum atomic E-state index is 12.4. The highest BCUT2D eigenvalue weighted by Gasteiger charge is 2.43. The van der Waals surface area contributed by atoms with Gasteiger partial charge in [0.15, 0.2) is 5.56 Å². The molecule has 0 aliphatic rings. The van der Waals surface area contributed by atoms with Crippen LogP contribution < -0.4 is 10.4 Å². The topological polar surface area (TPSA) is 76.7 Å². The van der Waals surface area contributed by atoms with Gasteiger partial charge in [-0.25, -0.2) is 4.79 Å². The number of carbonyl (C=O) groups excluding carboxylic acids is 1. The Bertz CT molecular complexity index is 745. The third kappa shape index (κ3) is 2.20. The fourth-order valence-electron chi connectivity index (χ4n) is 1.63. The summed E-state index contributed by atoms with van der Waals surface area (Å²) in [5.74, 6) is -3.34. The van der Waals surface area contributed by atoms with E-state index in [0.29, 0.717) is 0 Å². The molecule has 0 bridgehead atoms. The SMILES string of the molecule is COc1ccc2oc(=O)c(C(=O)C(F)(F)F)c(O)c2c1. The monoisotopic (exact) mass is 288 g/mol. The van der Waals surface area contributed by atoms with Crippen molar-refractivity contribution in [2.75, 3.05) is 7.11 Å². The Kier molecular flexibility index (Phi) is 3.16. The molecule has 1 aromatic heterocycles. The molecule has 0 fully saturated rings. The summed E-state index contributed by atoms with van der Waals surface area (Å²) in [6, 6.07) is 3.77. The van der Waals surface area contributed by atoms with Gasteiger partial charge in [0, 0.05) is 0 Å². The molecule has 0 aliphatic heterocycles. The molecule has 0 unspecified atom stereocenters. The average Bonchev–Trinajstić information content (AvgIpc) is 2.37. The normalized spacial score (nSPS) is 11.6. The maximum absolute atomic E-state index is 12.4. The van der Waals surface area contributed by atoms with Gasteiger partial charge in [0.2, 0.25) is 0 Å². The average molecular weight is 288 g/mol. The van der Waals surface area contributed by atoms with Crippen molar-refractivity contribution in [3.63, 3.8) is 0 Å². The van der Waals surface area contributed by atoms with Crippen molar-refractivity contribution in [1.29, 1.82) is 0 Å². The minimum absolute atomic E-state index is 0.160. The minimum atomic E-state index is -5.29. The van der Waals surface area contributed by atoms with Crippen LogP contribution in [0.3, 0.4) is 0 Å². The summed E-state index contributed by atoms with van der Waals surface area (Å²) in [6.45, 7) is 0. The Hall–Kier alpha value is -2.51. The molecular formula is C12H7F3O5. The number of ether oxygens (including phenoxy) is 1. The van der Waals surface area contributed by atoms with Crippen LogP contribution in [0.2, 0.25) is 0 Å². The number of benzene rings is 1. The van der Waals surface area contributed by atoms with Crippen molar-refractivity contribution >= 4 is 16.8 Å². The molecule has 1 N–H and O–H groups in total. The summed E-state index contributed by atoms with van der Waals surface area (Å²) in [6.07, 6.45) is -5.29.